The molecule has 0 N–H and O–H groups in total. The van der Waals surface area contributed by atoms with Crippen LogP contribution in [0.3, 0.4) is 0 Å². The van der Waals surface area contributed by atoms with Crippen molar-refractivity contribution in [1.29, 1.82) is 0 Å². The van der Waals surface area contributed by atoms with Crippen molar-refractivity contribution in [3.8, 4) is 0 Å². The highest BCUT2D eigenvalue weighted by Gasteiger charge is 2.27. The van der Waals surface area contributed by atoms with Gasteiger partial charge in [0.15, 0.2) is 11.3 Å². The monoisotopic (exact) mass is 339 g/mol. The van der Waals surface area contributed by atoms with E-state index in [0.29, 0.717) is 48.4 Å². The lowest BCUT2D eigenvalue weighted by molar-refractivity contribution is 0.0683. The highest BCUT2D eigenvalue weighted by Crippen LogP contribution is 2.22. The largest absolute Gasteiger partial charge is 0.361 e. The zero-order valence-electron chi connectivity index (χ0n) is 13.8. The van der Waals surface area contributed by atoms with Crippen LogP contribution in [0.2, 0.25) is 0 Å². The molecule has 3 aromatic rings. The van der Waals surface area contributed by atoms with E-state index in [4.69, 9.17) is 4.52 Å². The van der Waals surface area contributed by atoms with Crippen LogP contribution in [-0.2, 0) is 0 Å². The van der Waals surface area contributed by atoms with Gasteiger partial charge in [-0.05, 0) is 31.9 Å². The Morgan fingerprint density at radius 2 is 2.08 bits per heavy atom. The van der Waals surface area contributed by atoms with Crippen molar-refractivity contribution in [3.05, 3.63) is 52.5 Å². The van der Waals surface area contributed by atoms with E-state index in [1.54, 1.807) is 47.1 Å². The minimum atomic E-state index is -0.136. The summed E-state index contributed by atoms with van der Waals surface area (Å²) in [6.45, 7) is 2.88. The van der Waals surface area contributed by atoms with Gasteiger partial charge in [-0.2, -0.15) is 0 Å². The van der Waals surface area contributed by atoms with Gasteiger partial charge in [0.1, 0.15) is 12.1 Å². The van der Waals surface area contributed by atoms with Crippen molar-refractivity contribution in [2.75, 3.05) is 13.1 Å². The van der Waals surface area contributed by atoms with Crippen molar-refractivity contribution in [1.82, 2.24) is 24.6 Å². The Morgan fingerprint density at radius 1 is 1.28 bits per heavy atom. The fourth-order valence-corrected chi connectivity index (χ4v) is 3.21. The average molecular weight is 339 g/mol. The van der Waals surface area contributed by atoms with Gasteiger partial charge in [0.05, 0.1) is 5.39 Å². The van der Waals surface area contributed by atoms with Crippen molar-refractivity contribution in [2.45, 2.75) is 25.8 Å². The minimum absolute atomic E-state index is 0.0210. The fourth-order valence-electron chi connectivity index (χ4n) is 3.21. The van der Waals surface area contributed by atoms with E-state index >= 15 is 0 Å². The number of carbonyl (C=O) groups excluding carboxylic acids is 1. The van der Waals surface area contributed by atoms with Crippen molar-refractivity contribution >= 4 is 16.9 Å². The summed E-state index contributed by atoms with van der Waals surface area (Å²) in [4.78, 5) is 35.2. The van der Waals surface area contributed by atoms with Gasteiger partial charge in [0.2, 0.25) is 0 Å². The first-order valence-corrected chi connectivity index (χ1v) is 8.18. The third kappa shape index (κ3) is 2.79. The molecule has 1 saturated heterocycles. The topological polar surface area (TPSA) is 94.1 Å². The van der Waals surface area contributed by atoms with E-state index < -0.39 is 0 Å². The van der Waals surface area contributed by atoms with Crippen LogP contribution in [0, 0.1) is 6.92 Å². The van der Waals surface area contributed by atoms with Gasteiger partial charge in [-0.3, -0.25) is 14.2 Å². The number of rotatable bonds is 2. The molecule has 3 aromatic heterocycles. The highest BCUT2D eigenvalue weighted by molar-refractivity contribution is 5.92. The summed E-state index contributed by atoms with van der Waals surface area (Å²) in [6, 6.07) is 5.13. The normalized spacial score (nSPS) is 15.6. The second kappa shape index (κ2) is 6.12. The molecule has 0 aromatic carbocycles. The van der Waals surface area contributed by atoms with Gasteiger partial charge in [-0.15, -0.1) is 0 Å². The van der Waals surface area contributed by atoms with Gasteiger partial charge >= 0.3 is 0 Å². The highest BCUT2D eigenvalue weighted by atomic mass is 16.5. The predicted molar refractivity (Wildman–Crippen MR) is 89.2 cm³/mol. The maximum Gasteiger partial charge on any atom is 0.276 e. The van der Waals surface area contributed by atoms with Crippen LogP contribution in [0.5, 0.6) is 0 Å². The first-order chi connectivity index (χ1) is 12.1. The van der Waals surface area contributed by atoms with Crippen LogP contribution < -0.4 is 5.56 Å². The smallest absolute Gasteiger partial charge is 0.276 e. The Labute approximate surface area is 143 Å². The number of nitrogens with zero attached hydrogens (tertiary/aromatic N) is 5. The average Bonchev–Trinajstić information content (AvgIpc) is 3.08. The van der Waals surface area contributed by atoms with Crippen LogP contribution in [0.25, 0.3) is 11.0 Å². The van der Waals surface area contributed by atoms with Crippen LogP contribution in [0.1, 0.15) is 35.1 Å². The lowest BCUT2D eigenvalue weighted by Crippen LogP contribution is -2.41. The second-order valence-corrected chi connectivity index (χ2v) is 6.18. The van der Waals surface area contributed by atoms with E-state index in [1.807, 2.05) is 0 Å². The Bertz CT molecular complexity index is 985. The number of fused-ring (bicyclic) bond motifs is 1. The Hall–Kier alpha value is -3.03. The lowest BCUT2D eigenvalue weighted by atomic mass is 10.0. The summed E-state index contributed by atoms with van der Waals surface area (Å²) < 4.78 is 6.63. The molecule has 0 bridgehead atoms. The molecule has 0 radical (unpaired) electrons. The van der Waals surface area contributed by atoms with Gasteiger partial charge in [0, 0.05) is 31.4 Å². The van der Waals surface area contributed by atoms with Crippen LogP contribution in [0.4, 0.5) is 0 Å². The number of hydrogen-bond acceptors (Lipinski definition) is 6. The molecule has 0 aliphatic carbocycles. The second-order valence-electron chi connectivity index (χ2n) is 6.18. The summed E-state index contributed by atoms with van der Waals surface area (Å²) in [7, 11) is 0. The molecular formula is C17H17N5O3. The van der Waals surface area contributed by atoms with Crippen molar-refractivity contribution in [3.63, 3.8) is 0 Å². The van der Waals surface area contributed by atoms with Crippen molar-refractivity contribution < 1.29 is 9.32 Å². The SMILES string of the molecule is Cc1cc(C(=O)N2CCC(n3cnc4ncccc4c3=O)CC2)no1. The van der Waals surface area contributed by atoms with Gasteiger partial charge < -0.3 is 9.42 Å². The third-order valence-corrected chi connectivity index (χ3v) is 4.55. The number of aromatic nitrogens is 4. The minimum Gasteiger partial charge on any atom is -0.361 e. The van der Waals surface area contributed by atoms with E-state index in [2.05, 4.69) is 15.1 Å². The number of hydrogen-bond donors (Lipinski definition) is 0. The van der Waals surface area contributed by atoms with E-state index in [0.717, 1.165) is 0 Å². The van der Waals surface area contributed by atoms with Gasteiger partial charge in [-0.25, -0.2) is 9.97 Å². The molecule has 0 unspecified atom stereocenters. The van der Waals surface area contributed by atoms with Gasteiger partial charge in [-0.1, -0.05) is 5.16 Å². The predicted octanol–water partition coefficient (Wildman–Crippen LogP) is 1.57. The van der Waals surface area contributed by atoms with E-state index in [1.165, 1.54) is 0 Å². The maximum absolute atomic E-state index is 12.6. The molecular weight excluding hydrogens is 322 g/mol. The molecule has 0 saturated carbocycles. The van der Waals surface area contributed by atoms with Crippen LogP contribution in [0.15, 0.2) is 40.0 Å². The maximum atomic E-state index is 12.6. The Kier molecular flexibility index (Phi) is 3.79. The molecule has 1 amide bonds. The van der Waals surface area contributed by atoms with Crippen LogP contribution in [-0.4, -0.2) is 43.6 Å². The Morgan fingerprint density at radius 3 is 2.80 bits per heavy atom. The number of aryl methyl sites for hydroxylation is 1. The molecule has 4 rings (SSSR count). The number of amides is 1. The van der Waals surface area contributed by atoms with Crippen LogP contribution >= 0.6 is 0 Å². The van der Waals surface area contributed by atoms with Crippen molar-refractivity contribution in [2.24, 2.45) is 0 Å². The molecule has 0 spiro atoms. The molecule has 8 nitrogen and oxygen atoms in total. The Balaban J connectivity index is 1.51. The zero-order valence-corrected chi connectivity index (χ0v) is 13.8. The summed E-state index contributed by atoms with van der Waals surface area (Å²) in [5.41, 5.74) is 0.694. The summed E-state index contributed by atoms with van der Waals surface area (Å²) in [6.07, 6.45) is 4.56. The van der Waals surface area contributed by atoms with Gasteiger partial charge in [0.25, 0.3) is 11.5 Å². The first kappa shape index (κ1) is 15.5. The molecule has 25 heavy (non-hydrogen) atoms. The lowest BCUT2D eigenvalue weighted by Gasteiger charge is -2.32. The fraction of sp³-hybridized carbons (Fsp3) is 0.353. The quantitative estimate of drug-likeness (QED) is 0.703. The summed E-state index contributed by atoms with van der Waals surface area (Å²) in [5.74, 6) is 0.476. The number of carbonyl (C=O) groups is 1. The molecule has 4 heterocycles. The zero-order chi connectivity index (χ0) is 17.4. The third-order valence-electron chi connectivity index (χ3n) is 4.55. The molecule has 0 atom stereocenters. The molecule has 1 aliphatic rings. The molecule has 1 aliphatic heterocycles. The number of pyridine rings is 1. The number of likely N-dealkylation sites (tertiary alicyclic amines) is 1. The van der Waals surface area contributed by atoms with E-state index in [-0.39, 0.29) is 17.5 Å². The number of piperidine rings is 1. The van der Waals surface area contributed by atoms with E-state index in [9.17, 15) is 9.59 Å². The molecule has 1 fully saturated rings. The molecule has 128 valence electrons. The summed E-state index contributed by atoms with van der Waals surface area (Å²) in [5, 5.41) is 4.29. The first-order valence-electron chi connectivity index (χ1n) is 8.18. The molecule has 8 heteroatoms. The standard InChI is InChI=1S/C17H17N5O3/c1-11-9-14(20-25-11)17(24)21-7-4-12(5-8-21)22-10-19-15-13(16(22)23)3-2-6-18-15/h2-3,6,9-10,12H,4-5,7-8H2,1H3. The summed E-state index contributed by atoms with van der Waals surface area (Å²) >= 11 is 0.